The van der Waals surface area contributed by atoms with E-state index < -0.39 is 0 Å². The Morgan fingerprint density at radius 2 is 2.09 bits per heavy atom. The van der Waals surface area contributed by atoms with Crippen LogP contribution < -0.4 is 5.43 Å². The zero-order chi connectivity index (χ0) is 7.68. The summed E-state index contributed by atoms with van der Waals surface area (Å²) in [5, 5.41) is 0. The maximum absolute atomic E-state index is 11.1. The lowest BCUT2D eigenvalue weighted by atomic mass is 10.2. The van der Waals surface area contributed by atoms with Gasteiger partial charge in [0.15, 0.2) is 0 Å². The van der Waals surface area contributed by atoms with E-state index in [1.54, 1.807) is 6.20 Å². The van der Waals surface area contributed by atoms with Gasteiger partial charge in [0.05, 0.1) is 30.0 Å². The van der Waals surface area contributed by atoms with Gasteiger partial charge in [-0.25, -0.2) is 4.98 Å². The smallest absolute Gasteiger partial charge is 0.207 e. The van der Waals surface area contributed by atoms with E-state index in [0.29, 0.717) is 11.3 Å². The minimum atomic E-state index is -0.105. The number of H-pyrrole nitrogens is 1. The highest BCUT2D eigenvalue weighted by Gasteiger charge is 2.03. The van der Waals surface area contributed by atoms with E-state index in [1.165, 1.54) is 18.7 Å². The molecule has 2 aliphatic rings. The summed E-state index contributed by atoms with van der Waals surface area (Å²) in [7, 11) is 0. The van der Waals surface area contributed by atoms with Crippen LogP contribution in [0, 0.1) is 0 Å². The number of nitrogens with zero attached hydrogens (tertiary/aromatic N) is 2. The first-order chi connectivity index (χ1) is 5.38. The van der Waals surface area contributed by atoms with E-state index in [4.69, 9.17) is 0 Å². The molecule has 0 saturated carbocycles. The molecule has 0 atom stereocenters. The molecule has 0 aromatic carbocycles. The lowest BCUT2D eigenvalue weighted by Gasteiger charge is -1.98. The largest absolute Gasteiger partial charge is 0.344 e. The maximum Gasteiger partial charge on any atom is 0.207 e. The predicted octanol–water partition coefficient (Wildman–Crippen LogP) is 0.270. The topological polar surface area (TPSA) is 58.6 Å². The number of aromatic amines is 1. The second-order valence-electron chi connectivity index (χ2n) is 2.15. The van der Waals surface area contributed by atoms with E-state index >= 15 is 0 Å². The molecule has 2 heterocycles. The van der Waals surface area contributed by atoms with Crippen LogP contribution in [0.3, 0.4) is 0 Å². The van der Waals surface area contributed by atoms with Gasteiger partial charge in [-0.15, -0.1) is 0 Å². The summed E-state index contributed by atoms with van der Waals surface area (Å²) in [6.07, 6.45) is 5.91. The van der Waals surface area contributed by atoms with Crippen molar-refractivity contribution in [2.75, 3.05) is 0 Å². The Morgan fingerprint density at radius 1 is 1.18 bits per heavy atom. The minimum absolute atomic E-state index is 0.105. The Hall–Kier alpha value is -1.71. The van der Waals surface area contributed by atoms with Crippen molar-refractivity contribution in [3.63, 3.8) is 0 Å². The third-order valence-electron chi connectivity index (χ3n) is 1.45. The molecule has 54 valence electrons. The van der Waals surface area contributed by atoms with E-state index in [1.807, 2.05) is 0 Å². The summed E-state index contributed by atoms with van der Waals surface area (Å²) in [4.78, 5) is 21.4. The normalized spacial score (nSPS) is 10.2. The van der Waals surface area contributed by atoms with Crippen LogP contribution in [-0.2, 0) is 0 Å². The van der Waals surface area contributed by atoms with Gasteiger partial charge < -0.3 is 4.98 Å². The van der Waals surface area contributed by atoms with Gasteiger partial charge in [-0.05, 0) is 0 Å². The molecule has 0 bridgehead atoms. The molecule has 2 aliphatic heterocycles. The summed E-state index contributed by atoms with van der Waals surface area (Å²) in [6.45, 7) is 0. The Morgan fingerprint density at radius 3 is 2.91 bits per heavy atom. The quantitative estimate of drug-likeness (QED) is 0.581. The molecule has 0 aromatic heterocycles. The van der Waals surface area contributed by atoms with Crippen LogP contribution in [0.2, 0.25) is 0 Å². The number of pyridine rings is 1. The van der Waals surface area contributed by atoms with Crippen molar-refractivity contribution in [2.45, 2.75) is 0 Å². The van der Waals surface area contributed by atoms with Crippen LogP contribution in [0.15, 0.2) is 29.7 Å². The van der Waals surface area contributed by atoms with Crippen LogP contribution in [0.5, 0.6) is 0 Å². The molecule has 0 aliphatic carbocycles. The molecule has 0 amide bonds. The van der Waals surface area contributed by atoms with E-state index in [0.717, 1.165) is 0 Å². The average Bonchev–Trinajstić information content (AvgIpc) is 2.06. The Kier molecular flexibility index (Phi) is 1.18. The van der Waals surface area contributed by atoms with Crippen molar-refractivity contribution in [1.82, 2.24) is 15.0 Å². The van der Waals surface area contributed by atoms with E-state index in [-0.39, 0.29) is 5.43 Å². The van der Waals surface area contributed by atoms with Crippen molar-refractivity contribution >= 4 is 0 Å². The van der Waals surface area contributed by atoms with Gasteiger partial charge in [-0.2, -0.15) is 0 Å². The summed E-state index contributed by atoms with van der Waals surface area (Å²) in [5.41, 5.74) is 1.18. The standard InChI is InChI=1S/C7H5N3O/c11-7-3-8-2-6-5(7)1-9-4-10-6/h1-4H,(H,9,10). The summed E-state index contributed by atoms with van der Waals surface area (Å²) in [6, 6.07) is 0. The van der Waals surface area contributed by atoms with Gasteiger partial charge in [-0.3, -0.25) is 9.78 Å². The first-order valence-corrected chi connectivity index (χ1v) is 3.14. The molecule has 0 unspecified atom stereocenters. The van der Waals surface area contributed by atoms with Gasteiger partial charge in [0.2, 0.25) is 5.43 Å². The molecule has 4 heteroatoms. The number of aromatic nitrogens is 3. The molecular weight excluding hydrogens is 142 g/mol. The second kappa shape index (κ2) is 2.16. The van der Waals surface area contributed by atoms with Crippen LogP contribution in [0.1, 0.15) is 0 Å². The minimum Gasteiger partial charge on any atom is -0.344 e. The van der Waals surface area contributed by atoms with Crippen molar-refractivity contribution in [3.8, 4) is 11.3 Å². The van der Waals surface area contributed by atoms with Crippen LogP contribution >= 0.6 is 0 Å². The molecular formula is C7H5N3O. The molecule has 11 heavy (non-hydrogen) atoms. The fourth-order valence-electron chi connectivity index (χ4n) is 0.918. The molecule has 1 N–H and O–H groups in total. The Labute approximate surface area is 62.3 Å². The molecule has 0 spiro atoms. The zero-order valence-corrected chi connectivity index (χ0v) is 5.61. The number of hydrogen-bond donors (Lipinski definition) is 1. The first-order valence-electron chi connectivity index (χ1n) is 3.14. The second-order valence-corrected chi connectivity index (χ2v) is 2.15. The third kappa shape index (κ3) is 0.881. The molecule has 2 rings (SSSR count). The molecule has 0 radical (unpaired) electrons. The molecule has 0 aromatic rings. The van der Waals surface area contributed by atoms with Gasteiger partial charge in [0.1, 0.15) is 0 Å². The number of fused-ring (bicyclic) bond motifs is 1. The zero-order valence-electron chi connectivity index (χ0n) is 5.61. The fourth-order valence-corrected chi connectivity index (χ4v) is 0.918. The molecule has 0 fully saturated rings. The molecule has 0 saturated heterocycles. The van der Waals surface area contributed by atoms with E-state index in [2.05, 4.69) is 15.0 Å². The predicted molar refractivity (Wildman–Crippen MR) is 39.3 cm³/mol. The highest BCUT2D eigenvalue weighted by Crippen LogP contribution is 2.08. The first kappa shape index (κ1) is 6.03. The fraction of sp³-hybridized carbons (Fsp3) is 0. The number of hydrogen-bond acceptors (Lipinski definition) is 3. The summed E-state index contributed by atoms with van der Waals surface area (Å²) < 4.78 is 0. The highest BCUT2D eigenvalue weighted by atomic mass is 16.1. The SMILES string of the molecule is O=c1cncc2[nH]cncc1-2. The average molecular weight is 147 g/mol. The van der Waals surface area contributed by atoms with Crippen molar-refractivity contribution in [2.24, 2.45) is 0 Å². The van der Waals surface area contributed by atoms with Crippen LogP contribution in [-0.4, -0.2) is 15.0 Å². The van der Waals surface area contributed by atoms with Crippen molar-refractivity contribution < 1.29 is 0 Å². The highest BCUT2D eigenvalue weighted by molar-refractivity contribution is 5.56. The van der Waals surface area contributed by atoms with Gasteiger partial charge in [-0.1, -0.05) is 0 Å². The van der Waals surface area contributed by atoms with Gasteiger partial charge in [0.25, 0.3) is 0 Å². The number of rotatable bonds is 0. The van der Waals surface area contributed by atoms with Crippen molar-refractivity contribution in [1.29, 1.82) is 0 Å². The lowest BCUT2D eigenvalue weighted by molar-refractivity contribution is 1.13. The van der Waals surface area contributed by atoms with Gasteiger partial charge >= 0.3 is 0 Å². The van der Waals surface area contributed by atoms with Gasteiger partial charge in [0, 0.05) is 6.20 Å². The Balaban J connectivity index is 2.90. The summed E-state index contributed by atoms with van der Waals surface area (Å²) in [5.74, 6) is 0. The monoisotopic (exact) mass is 147 g/mol. The lowest BCUT2D eigenvalue weighted by Crippen LogP contribution is -2.06. The van der Waals surface area contributed by atoms with Crippen LogP contribution in [0.4, 0.5) is 0 Å². The Bertz CT molecular complexity index is 395. The third-order valence-corrected chi connectivity index (χ3v) is 1.45. The van der Waals surface area contributed by atoms with E-state index in [9.17, 15) is 4.79 Å². The van der Waals surface area contributed by atoms with Crippen LogP contribution in [0.25, 0.3) is 11.3 Å². The molecule has 4 nitrogen and oxygen atoms in total. The van der Waals surface area contributed by atoms with Crippen molar-refractivity contribution in [3.05, 3.63) is 35.1 Å². The maximum atomic E-state index is 11.1. The summed E-state index contributed by atoms with van der Waals surface area (Å²) >= 11 is 0. The number of nitrogens with one attached hydrogen (secondary N) is 1.